The van der Waals surface area contributed by atoms with E-state index in [2.05, 4.69) is 52.1 Å². The van der Waals surface area contributed by atoms with Gasteiger partial charge in [-0.2, -0.15) is 9.35 Å². The van der Waals surface area contributed by atoms with E-state index in [0.717, 1.165) is 38.5 Å². The Hall–Kier alpha value is 0.816. The van der Waals surface area contributed by atoms with Crippen LogP contribution in [0.5, 0.6) is 11.5 Å². The van der Waals surface area contributed by atoms with Crippen LogP contribution < -0.4 is 101 Å². The summed E-state index contributed by atoms with van der Waals surface area (Å²) >= 11 is 0. The maximum absolute atomic E-state index is 11.4. The van der Waals surface area contributed by atoms with Crippen LogP contribution in [0.2, 0.25) is 0 Å². The summed E-state index contributed by atoms with van der Waals surface area (Å²) < 4.78 is 39.9. The van der Waals surface area contributed by atoms with Gasteiger partial charge in [0.1, 0.15) is 0 Å². The van der Waals surface area contributed by atoms with Crippen molar-refractivity contribution in [3.63, 3.8) is 0 Å². The smallest absolute Gasteiger partial charge is 0.752 e. The van der Waals surface area contributed by atoms with Gasteiger partial charge >= 0.3 is 96.6 Å². The number of rotatable bonds is 32. The first kappa shape index (κ1) is 54.9. The molecule has 0 aliphatic heterocycles. The molecule has 0 aromatic heterocycles. The fourth-order valence-electron chi connectivity index (χ4n) is 4.65. The van der Waals surface area contributed by atoms with E-state index >= 15 is 0 Å². The molecule has 0 amide bonds. The number of benzene rings is 2. The van der Waals surface area contributed by atoms with Crippen molar-refractivity contribution >= 4 is 15.6 Å². The molecule has 2 rings (SSSR count). The van der Waals surface area contributed by atoms with Gasteiger partial charge in [-0.3, -0.25) is 9.13 Å². The van der Waals surface area contributed by atoms with Gasteiger partial charge in [-0.1, -0.05) is 166 Å². The van der Waals surface area contributed by atoms with Crippen molar-refractivity contribution < 1.29 is 138 Å². The van der Waals surface area contributed by atoms with E-state index in [1.165, 1.54) is 89.9 Å². The minimum Gasteiger partial charge on any atom is -0.752 e. The van der Waals surface area contributed by atoms with E-state index in [1.807, 2.05) is 0 Å². The molecule has 288 valence electrons. The minimum absolute atomic E-state index is 0. The monoisotopic (exact) mass is 808 g/mol. The summed E-state index contributed by atoms with van der Waals surface area (Å²) in [6.45, 7) is 4.86. The van der Waals surface area contributed by atoms with Crippen LogP contribution in [0.1, 0.15) is 142 Å². The van der Waals surface area contributed by atoms with E-state index in [4.69, 9.17) is 0 Å². The Bertz CT molecular complexity index is 1040. The second-order valence-corrected chi connectivity index (χ2v) is 14.4. The van der Waals surface area contributed by atoms with Gasteiger partial charge in [-0.25, -0.2) is 9.78 Å². The molecule has 0 radical (unpaired) electrons. The molecular weight excluding hydrogens is 748 g/mol. The first-order valence-electron chi connectivity index (χ1n) is 18.3. The third-order valence-corrected chi connectivity index (χ3v) is 8.48. The largest absolute Gasteiger partial charge is 1.00 e. The molecule has 2 aromatic carbocycles. The van der Waals surface area contributed by atoms with Crippen molar-refractivity contribution in [2.45, 2.75) is 142 Å². The molecule has 0 saturated carbocycles. The summed E-state index contributed by atoms with van der Waals surface area (Å²) in [5, 5.41) is 0. The van der Waals surface area contributed by atoms with Crippen LogP contribution in [0.3, 0.4) is 0 Å². The maximum Gasteiger partial charge on any atom is 1.00 e. The molecule has 16 heteroatoms. The van der Waals surface area contributed by atoms with Crippen LogP contribution in [0.25, 0.3) is 0 Å². The summed E-state index contributed by atoms with van der Waals surface area (Å²) in [5.41, 5.74) is 0. The molecule has 0 aliphatic carbocycles. The topological polar surface area (TPSA) is 154 Å². The average Bonchev–Trinajstić information content (AvgIpc) is 3.12. The van der Waals surface area contributed by atoms with Gasteiger partial charge in [0.05, 0.1) is 13.2 Å². The molecule has 0 N–H and O–H groups in total. The Morgan fingerprint density at radius 3 is 1.00 bits per heavy atom. The van der Waals surface area contributed by atoms with Crippen LogP contribution in [-0.2, 0) is 37.6 Å². The van der Waals surface area contributed by atoms with Crippen LogP contribution in [-0.4, -0.2) is 13.2 Å². The molecule has 2 unspecified atom stereocenters. The Morgan fingerprint density at radius 1 is 0.442 bits per heavy atom. The van der Waals surface area contributed by atoms with Crippen LogP contribution >= 0.6 is 15.6 Å². The predicted molar refractivity (Wildman–Crippen MR) is 189 cm³/mol. The molecule has 0 spiro atoms. The normalized spacial score (nSPS) is 13.0. The van der Waals surface area contributed by atoms with Crippen molar-refractivity contribution in [3.8, 4) is 11.5 Å². The standard InChI is InChI=1S/2C18H31O6P.K.Na/c2*1-2-3-4-5-6-7-8-9-10-14-17-21-23-25(19,20)24-22-18-15-12-11-13-16-18;;/h2*11-13,15-16H,2-10,14,17H2,1H3,(H,19,20);;/q;;2*+1/p-2. The fraction of sp³-hybridized carbons (Fsp3) is 0.667. The zero-order valence-electron chi connectivity index (χ0n) is 32.1. The van der Waals surface area contributed by atoms with E-state index in [-0.39, 0.29) is 106 Å². The maximum atomic E-state index is 11.4. The zero-order valence-corrected chi connectivity index (χ0v) is 39.0. The second-order valence-electron chi connectivity index (χ2n) is 12.0. The molecule has 0 bridgehead atoms. The quantitative estimate of drug-likeness (QED) is 0.0332. The molecule has 0 aliphatic rings. The summed E-state index contributed by atoms with van der Waals surface area (Å²) in [5.74, 6) is 0.522. The number of para-hydroxylation sites is 2. The molecule has 2 aromatic rings. The van der Waals surface area contributed by atoms with Gasteiger partial charge in [0, 0.05) is 0 Å². The van der Waals surface area contributed by atoms with E-state index in [0.29, 0.717) is 0 Å². The van der Waals surface area contributed by atoms with Gasteiger partial charge in [-0.15, -0.1) is 9.35 Å². The molecule has 12 nitrogen and oxygen atoms in total. The second kappa shape index (κ2) is 38.7. The number of hydrogen-bond donors (Lipinski definition) is 0. The molecule has 0 saturated heterocycles. The van der Waals surface area contributed by atoms with Gasteiger partial charge in [0.2, 0.25) is 0 Å². The summed E-state index contributed by atoms with van der Waals surface area (Å²) in [6.07, 6.45) is 23.8. The molecular formula is C36H60KNaO12P2. The molecule has 52 heavy (non-hydrogen) atoms. The van der Waals surface area contributed by atoms with Crippen LogP contribution in [0, 0.1) is 0 Å². The number of hydrogen-bond acceptors (Lipinski definition) is 12. The molecule has 0 fully saturated rings. The van der Waals surface area contributed by atoms with Gasteiger partial charge in [0.25, 0.3) is 0 Å². The van der Waals surface area contributed by atoms with E-state index < -0.39 is 15.6 Å². The van der Waals surface area contributed by atoms with Crippen LogP contribution in [0.4, 0.5) is 0 Å². The Labute approximate surface area is 377 Å². The Balaban J connectivity index is 0. The number of unbranched alkanes of at least 4 members (excludes halogenated alkanes) is 18. The van der Waals surface area contributed by atoms with Crippen LogP contribution in [0.15, 0.2) is 60.7 Å². The Kier molecular flexibility index (Phi) is 40.8. The van der Waals surface area contributed by atoms with Crippen molar-refractivity contribution in [1.82, 2.24) is 0 Å². The average molecular weight is 809 g/mol. The van der Waals surface area contributed by atoms with E-state index in [1.54, 1.807) is 60.7 Å². The zero-order chi connectivity index (χ0) is 36.4. The van der Waals surface area contributed by atoms with Gasteiger partial charge in [-0.05, 0) is 37.1 Å². The minimum atomic E-state index is -4.63. The van der Waals surface area contributed by atoms with Crippen molar-refractivity contribution in [3.05, 3.63) is 60.7 Å². The van der Waals surface area contributed by atoms with Gasteiger partial charge < -0.3 is 19.6 Å². The third-order valence-electron chi connectivity index (χ3n) is 7.39. The summed E-state index contributed by atoms with van der Waals surface area (Å²) in [7, 11) is -9.26. The van der Waals surface area contributed by atoms with Crippen molar-refractivity contribution in [2.75, 3.05) is 13.2 Å². The molecule has 2 atom stereocenters. The third kappa shape index (κ3) is 36.5. The molecule has 0 heterocycles. The summed E-state index contributed by atoms with van der Waals surface area (Å²) in [4.78, 5) is 41.5. The first-order valence-corrected chi connectivity index (χ1v) is 21.3. The van der Waals surface area contributed by atoms with E-state index in [9.17, 15) is 18.9 Å². The number of phosphoric acid groups is 2. The Morgan fingerprint density at radius 2 is 0.712 bits per heavy atom. The fourth-order valence-corrected chi connectivity index (χ4v) is 5.47. The van der Waals surface area contributed by atoms with Crippen molar-refractivity contribution in [1.29, 1.82) is 0 Å². The van der Waals surface area contributed by atoms with Crippen molar-refractivity contribution in [2.24, 2.45) is 0 Å². The SMILES string of the molecule is CCCCCCCCCCCCOOP(=O)([O-])OOc1ccccc1.CCCCCCCCCCCCOOP(=O)([O-])OOc1ccccc1.[K+].[Na+]. The van der Waals surface area contributed by atoms with Gasteiger partial charge in [0.15, 0.2) is 11.5 Å². The summed E-state index contributed by atoms with van der Waals surface area (Å²) in [6, 6.07) is 16.6. The predicted octanol–water partition coefficient (Wildman–Crippen LogP) is 4.68. The first-order chi connectivity index (χ1) is 24.3.